The molecule has 0 fully saturated rings. The molecule has 0 aliphatic carbocycles. The minimum atomic E-state index is -0.521. The van der Waals surface area contributed by atoms with Gasteiger partial charge < -0.3 is 10.2 Å². The Morgan fingerprint density at radius 1 is 1.32 bits per heavy atom. The van der Waals surface area contributed by atoms with Gasteiger partial charge >= 0.3 is 0 Å². The number of benzene rings is 1. The quantitative estimate of drug-likeness (QED) is 0.581. The second-order valence-corrected chi connectivity index (χ2v) is 4.04. The maximum Gasteiger partial charge on any atom is 0.293 e. The summed E-state index contributed by atoms with van der Waals surface area (Å²) in [6.07, 6.45) is 0.881. The molecule has 2 rings (SSSR count). The Kier molecular flexibility index (Phi) is 3.66. The maximum atomic E-state index is 11.6. The fourth-order valence-electron chi connectivity index (χ4n) is 1.86. The first-order chi connectivity index (χ1) is 9.11. The zero-order valence-corrected chi connectivity index (χ0v) is 10.6. The Morgan fingerprint density at radius 3 is 2.74 bits per heavy atom. The zero-order chi connectivity index (χ0) is 13.8. The molecule has 1 aromatic heterocycles. The molecule has 98 valence electrons. The van der Waals surface area contributed by atoms with Crippen LogP contribution in [0.2, 0.25) is 0 Å². The molecule has 4 N–H and O–H groups in total. The van der Waals surface area contributed by atoms with Crippen LogP contribution in [0.25, 0.3) is 11.3 Å². The lowest BCUT2D eigenvalue weighted by Gasteiger charge is -2.04. The van der Waals surface area contributed by atoms with Crippen molar-refractivity contribution in [2.75, 3.05) is 0 Å². The predicted octanol–water partition coefficient (Wildman–Crippen LogP) is 2.13. The van der Waals surface area contributed by atoms with E-state index in [0.29, 0.717) is 5.76 Å². The van der Waals surface area contributed by atoms with Gasteiger partial charge in [-0.3, -0.25) is 15.5 Å². The molecule has 5 nitrogen and oxygen atoms in total. The third-order valence-corrected chi connectivity index (χ3v) is 2.74. The van der Waals surface area contributed by atoms with Gasteiger partial charge in [-0.2, -0.15) is 0 Å². The van der Waals surface area contributed by atoms with Crippen LogP contribution in [0.15, 0.2) is 40.8 Å². The number of aryl methyl sites for hydroxylation is 1. The summed E-state index contributed by atoms with van der Waals surface area (Å²) in [7, 11) is 0. The van der Waals surface area contributed by atoms with Crippen molar-refractivity contribution in [3.8, 4) is 11.3 Å². The Bertz CT molecular complexity index is 617. The summed E-state index contributed by atoms with van der Waals surface area (Å²) in [6, 6.07) is 11.2. The Labute approximate surface area is 110 Å². The molecule has 0 saturated carbocycles. The highest BCUT2D eigenvalue weighted by Crippen LogP contribution is 2.26. The molecule has 1 heterocycles. The van der Waals surface area contributed by atoms with E-state index in [2.05, 4.69) is 12.2 Å². The van der Waals surface area contributed by atoms with Crippen LogP contribution < -0.4 is 11.1 Å². The normalized spacial score (nSPS) is 10.2. The number of carbonyl (C=O) groups is 1. The van der Waals surface area contributed by atoms with E-state index >= 15 is 0 Å². The highest BCUT2D eigenvalue weighted by molar-refractivity contribution is 6.03. The molecule has 0 spiro atoms. The van der Waals surface area contributed by atoms with E-state index in [1.54, 1.807) is 12.1 Å². The first-order valence-corrected chi connectivity index (χ1v) is 5.95. The van der Waals surface area contributed by atoms with Crippen molar-refractivity contribution in [3.63, 3.8) is 0 Å². The van der Waals surface area contributed by atoms with Crippen molar-refractivity contribution in [2.24, 2.45) is 5.73 Å². The van der Waals surface area contributed by atoms with Gasteiger partial charge in [0.2, 0.25) is 0 Å². The zero-order valence-electron chi connectivity index (χ0n) is 10.6. The molecule has 1 aromatic carbocycles. The SMILES string of the molecule is CCc1ccccc1-c1ccc(C(=O)NC(=N)N)o1. The van der Waals surface area contributed by atoms with E-state index in [1.165, 1.54) is 0 Å². The number of guanidine groups is 1. The van der Waals surface area contributed by atoms with E-state index in [1.807, 2.05) is 24.3 Å². The number of furan rings is 1. The largest absolute Gasteiger partial charge is 0.451 e. The number of nitrogens with one attached hydrogen (secondary N) is 2. The summed E-state index contributed by atoms with van der Waals surface area (Å²) < 4.78 is 5.51. The van der Waals surface area contributed by atoms with Gasteiger partial charge in [-0.1, -0.05) is 31.2 Å². The first-order valence-electron chi connectivity index (χ1n) is 5.95. The summed E-state index contributed by atoms with van der Waals surface area (Å²) in [5.74, 6) is -0.160. The Balaban J connectivity index is 2.30. The van der Waals surface area contributed by atoms with Crippen LogP contribution in [0.4, 0.5) is 0 Å². The molecule has 1 amide bonds. The van der Waals surface area contributed by atoms with Crippen LogP contribution in [-0.4, -0.2) is 11.9 Å². The number of rotatable bonds is 3. The highest BCUT2D eigenvalue weighted by atomic mass is 16.3. The lowest BCUT2D eigenvalue weighted by molar-refractivity contribution is 0.0950. The van der Waals surface area contributed by atoms with E-state index in [9.17, 15) is 4.79 Å². The van der Waals surface area contributed by atoms with Gasteiger partial charge in [-0.05, 0) is 24.1 Å². The van der Waals surface area contributed by atoms with Crippen LogP contribution in [0.5, 0.6) is 0 Å². The van der Waals surface area contributed by atoms with Gasteiger partial charge in [0.15, 0.2) is 11.7 Å². The van der Waals surface area contributed by atoms with Crippen molar-refractivity contribution in [1.29, 1.82) is 5.41 Å². The lowest BCUT2D eigenvalue weighted by atomic mass is 10.0. The van der Waals surface area contributed by atoms with Gasteiger partial charge in [0.1, 0.15) is 5.76 Å². The molecular formula is C14H15N3O2. The number of hydrogen-bond acceptors (Lipinski definition) is 3. The van der Waals surface area contributed by atoms with E-state index in [0.717, 1.165) is 17.5 Å². The Hall–Kier alpha value is -2.56. The number of hydrogen-bond donors (Lipinski definition) is 3. The molecule has 0 atom stereocenters. The van der Waals surface area contributed by atoms with Crippen molar-refractivity contribution < 1.29 is 9.21 Å². The second-order valence-electron chi connectivity index (χ2n) is 4.04. The van der Waals surface area contributed by atoms with E-state index in [4.69, 9.17) is 15.6 Å². The smallest absolute Gasteiger partial charge is 0.293 e. The lowest BCUT2D eigenvalue weighted by Crippen LogP contribution is -2.35. The summed E-state index contributed by atoms with van der Waals surface area (Å²) in [4.78, 5) is 11.6. The first kappa shape index (κ1) is 12.9. The second kappa shape index (κ2) is 5.39. The topological polar surface area (TPSA) is 92.1 Å². The van der Waals surface area contributed by atoms with Crippen LogP contribution in [0.1, 0.15) is 23.0 Å². The van der Waals surface area contributed by atoms with Crippen molar-refractivity contribution in [2.45, 2.75) is 13.3 Å². The molecule has 5 heteroatoms. The minimum absolute atomic E-state index is 0.135. The number of nitrogens with two attached hydrogens (primary N) is 1. The summed E-state index contributed by atoms with van der Waals surface area (Å²) >= 11 is 0. The third kappa shape index (κ3) is 2.82. The van der Waals surface area contributed by atoms with Crippen LogP contribution >= 0.6 is 0 Å². The summed E-state index contributed by atoms with van der Waals surface area (Å²) in [5, 5.41) is 9.19. The monoisotopic (exact) mass is 257 g/mol. The average Bonchev–Trinajstić information content (AvgIpc) is 2.87. The van der Waals surface area contributed by atoms with Gasteiger partial charge in [0.25, 0.3) is 5.91 Å². The number of carbonyl (C=O) groups excluding carboxylic acids is 1. The summed E-state index contributed by atoms with van der Waals surface area (Å²) in [5.41, 5.74) is 7.22. The van der Waals surface area contributed by atoms with Gasteiger partial charge in [-0.25, -0.2) is 0 Å². The van der Waals surface area contributed by atoms with Crippen LogP contribution in [0.3, 0.4) is 0 Å². The number of amides is 1. The summed E-state index contributed by atoms with van der Waals surface area (Å²) in [6.45, 7) is 2.06. The molecule has 19 heavy (non-hydrogen) atoms. The molecule has 0 bridgehead atoms. The van der Waals surface area contributed by atoms with Gasteiger partial charge in [0, 0.05) is 5.56 Å². The van der Waals surface area contributed by atoms with E-state index < -0.39 is 11.9 Å². The van der Waals surface area contributed by atoms with Crippen molar-refractivity contribution in [1.82, 2.24) is 5.32 Å². The standard InChI is InChI=1S/C14H15N3O2/c1-2-9-5-3-4-6-10(9)11-7-8-12(19-11)13(18)17-14(15)16/h3-8H,2H2,1H3,(H4,15,16,17,18). The fourth-order valence-corrected chi connectivity index (χ4v) is 1.86. The predicted molar refractivity (Wildman–Crippen MR) is 72.9 cm³/mol. The minimum Gasteiger partial charge on any atom is -0.451 e. The molecule has 0 aliphatic heterocycles. The van der Waals surface area contributed by atoms with E-state index in [-0.39, 0.29) is 5.76 Å². The maximum absolute atomic E-state index is 11.6. The fraction of sp³-hybridized carbons (Fsp3) is 0.143. The van der Waals surface area contributed by atoms with Crippen LogP contribution in [0, 0.1) is 5.41 Å². The van der Waals surface area contributed by atoms with Gasteiger partial charge in [-0.15, -0.1) is 0 Å². The van der Waals surface area contributed by atoms with Crippen molar-refractivity contribution in [3.05, 3.63) is 47.7 Å². The molecule has 2 aromatic rings. The molecular weight excluding hydrogens is 242 g/mol. The third-order valence-electron chi connectivity index (χ3n) is 2.74. The highest BCUT2D eigenvalue weighted by Gasteiger charge is 2.13. The van der Waals surface area contributed by atoms with Crippen molar-refractivity contribution >= 4 is 11.9 Å². The average molecular weight is 257 g/mol. The van der Waals surface area contributed by atoms with Gasteiger partial charge in [0.05, 0.1) is 0 Å². The Morgan fingerprint density at radius 2 is 2.05 bits per heavy atom. The molecule has 0 radical (unpaired) electrons. The molecule has 0 unspecified atom stereocenters. The molecule has 0 saturated heterocycles. The van der Waals surface area contributed by atoms with Crippen LogP contribution in [-0.2, 0) is 6.42 Å². The molecule has 0 aliphatic rings.